The predicted octanol–water partition coefficient (Wildman–Crippen LogP) is 4.54. The normalized spacial score (nSPS) is 15.6. The van der Waals surface area contributed by atoms with Crippen LogP contribution in [0.15, 0.2) is 57.5 Å². The minimum absolute atomic E-state index is 0.0976. The maximum atomic E-state index is 10.9. The molecule has 0 amide bonds. The number of aliphatic carboxylic acids is 1. The van der Waals surface area contributed by atoms with E-state index < -0.39 is 12.6 Å². The largest absolute Gasteiger partial charge is 0.481 e. The van der Waals surface area contributed by atoms with Crippen LogP contribution in [-0.2, 0) is 4.79 Å². The van der Waals surface area contributed by atoms with Gasteiger partial charge in [0.05, 0.1) is 11.6 Å². The van der Waals surface area contributed by atoms with Gasteiger partial charge in [0, 0.05) is 4.47 Å². The van der Waals surface area contributed by atoms with Gasteiger partial charge in [0.2, 0.25) is 0 Å². The first-order chi connectivity index (χ1) is 14.6. The minimum atomic E-state index is -1.05. The van der Waals surface area contributed by atoms with E-state index in [0.29, 0.717) is 23.0 Å². The average molecular weight is 472 g/mol. The van der Waals surface area contributed by atoms with Gasteiger partial charge in [-0.15, -0.1) is 0 Å². The number of hydrogen-bond donors (Lipinski definition) is 1. The second kappa shape index (κ2) is 9.40. The van der Waals surface area contributed by atoms with Crippen molar-refractivity contribution in [3.63, 3.8) is 0 Å². The molecule has 1 fully saturated rings. The highest BCUT2D eigenvalue weighted by molar-refractivity contribution is 9.10. The molecule has 0 saturated carbocycles. The average Bonchev–Trinajstić information content (AvgIpc) is 3.24. The molecule has 30 heavy (non-hydrogen) atoms. The molecule has 1 aromatic heterocycles. The number of likely N-dealkylation sites (tertiary alicyclic amines) is 1. The van der Waals surface area contributed by atoms with Gasteiger partial charge in [-0.05, 0) is 49.7 Å². The summed E-state index contributed by atoms with van der Waals surface area (Å²) in [4.78, 5) is 18.0. The number of ether oxygens (including phenoxy) is 1. The molecule has 1 unspecified atom stereocenters. The van der Waals surface area contributed by atoms with Crippen molar-refractivity contribution >= 4 is 21.9 Å². The zero-order valence-electron chi connectivity index (χ0n) is 16.3. The molecule has 1 atom stereocenters. The van der Waals surface area contributed by atoms with Crippen molar-refractivity contribution < 1.29 is 19.2 Å². The summed E-state index contributed by atoms with van der Waals surface area (Å²) < 4.78 is 11.8. The van der Waals surface area contributed by atoms with Gasteiger partial charge in [-0.2, -0.15) is 4.98 Å². The second-order valence-electron chi connectivity index (χ2n) is 7.19. The molecule has 8 heteroatoms. The van der Waals surface area contributed by atoms with Crippen molar-refractivity contribution in [1.29, 1.82) is 0 Å². The number of nitrogens with zero attached hydrogens (tertiary/aromatic N) is 3. The minimum Gasteiger partial charge on any atom is -0.481 e. The smallest absolute Gasteiger partial charge is 0.341 e. The molecular formula is C22H22BrN3O4. The van der Waals surface area contributed by atoms with Crippen LogP contribution in [0.25, 0.3) is 11.5 Å². The van der Waals surface area contributed by atoms with Crippen molar-refractivity contribution in [1.82, 2.24) is 15.0 Å². The Morgan fingerprint density at radius 2 is 1.93 bits per heavy atom. The van der Waals surface area contributed by atoms with E-state index in [1.54, 1.807) is 18.2 Å². The van der Waals surface area contributed by atoms with Gasteiger partial charge in [0.25, 0.3) is 5.89 Å². The molecule has 1 N–H and O–H groups in total. The van der Waals surface area contributed by atoms with Crippen LogP contribution in [-0.4, -0.2) is 45.8 Å². The predicted molar refractivity (Wildman–Crippen MR) is 114 cm³/mol. The number of carboxylic acids is 1. The Balaban J connectivity index is 1.69. The maximum Gasteiger partial charge on any atom is 0.341 e. The molecule has 2 aromatic carbocycles. The zero-order chi connectivity index (χ0) is 20.9. The summed E-state index contributed by atoms with van der Waals surface area (Å²) in [5.41, 5.74) is 1.66. The highest BCUT2D eigenvalue weighted by Gasteiger charge is 2.29. The Morgan fingerprint density at radius 3 is 2.67 bits per heavy atom. The highest BCUT2D eigenvalue weighted by Crippen LogP contribution is 2.35. The molecule has 1 aliphatic heterocycles. The van der Waals surface area contributed by atoms with E-state index in [1.807, 2.05) is 18.2 Å². The molecule has 0 radical (unpaired) electrons. The summed E-state index contributed by atoms with van der Waals surface area (Å²) in [6.45, 7) is 1.51. The molecule has 2 heterocycles. The standard InChI is InChI=1S/C22H22BrN3O4/c23-16-9-10-18(29-14-19(27)28)17(13-16)22-24-21(25-30-22)20(15-7-3-1-4-8-15)26-11-5-2-6-12-26/h1,3-4,7-10,13,20H,2,5-6,11-12,14H2,(H,27,28). The molecule has 4 rings (SSSR count). The van der Waals surface area contributed by atoms with Crippen LogP contribution in [0.4, 0.5) is 0 Å². The molecule has 1 saturated heterocycles. The van der Waals surface area contributed by atoms with E-state index in [4.69, 9.17) is 19.4 Å². The quantitative estimate of drug-likeness (QED) is 0.540. The number of aromatic nitrogens is 2. The van der Waals surface area contributed by atoms with Crippen molar-refractivity contribution in [2.24, 2.45) is 0 Å². The van der Waals surface area contributed by atoms with Gasteiger partial charge in [0.1, 0.15) is 5.75 Å². The second-order valence-corrected chi connectivity index (χ2v) is 8.11. The van der Waals surface area contributed by atoms with E-state index >= 15 is 0 Å². The zero-order valence-corrected chi connectivity index (χ0v) is 17.9. The lowest BCUT2D eigenvalue weighted by atomic mass is 10.0. The number of benzene rings is 2. The van der Waals surface area contributed by atoms with E-state index in [1.165, 1.54) is 6.42 Å². The Hall–Kier alpha value is -2.71. The first-order valence-electron chi connectivity index (χ1n) is 9.89. The third kappa shape index (κ3) is 4.71. The van der Waals surface area contributed by atoms with Gasteiger partial charge < -0.3 is 14.4 Å². The lowest BCUT2D eigenvalue weighted by molar-refractivity contribution is -0.139. The van der Waals surface area contributed by atoms with Crippen LogP contribution in [0, 0.1) is 0 Å². The Labute approximate surface area is 182 Å². The fourth-order valence-electron chi connectivity index (χ4n) is 3.73. The van der Waals surface area contributed by atoms with Crippen LogP contribution in [0.5, 0.6) is 5.75 Å². The van der Waals surface area contributed by atoms with Crippen LogP contribution < -0.4 is 4.74 Å². The molecule has 1 aliphatic rings. The topological polar surface area (TPSA) is 88.7 Å². The molecule has 156 valence electrons. The molecule has 0 bridgehead atoms. The molecule has 0 aliphatic carbocycles. The van der Waals surface area contributed by atoms with E-state index in [-0.39, 0.29) is 6.04 Å². The van der Waals surface area contributed by atoms with Gasteiger partial charge in [-0.3, -0.25) is 4.90 Å². The number of hydrogen-bond acceptors (Lipinski definition) is 6. The fourth-order valence-corrected chi connectivity index (χ4v) is 4.09. The summed E-state index contributed by atoms with van der Waals surface area (Å²) in [5.74, 6) is 0.209. The summed E-state index contributed by atoms with van der Waals surface area (Å²) in [6.07, 6.45) is 3.53. The SMILES string of the molecule is O=C(O)COc1ccc(Br)cc1-c1nc(C(c2ccccc2)N2CCCCC2)no1. The van der Waals surface area contributed by atoms with E-state index in [0.717, 1.165) is 36.0 Å². The fraction of sp³-hybridized carbons (Fsp3) is 0.318. The Bertz CT molecular complexity index is 1000. The van der Waals surface area contributed by atoms with Crippen molar-refractivity contribution in [2.75, 3.05) is 19.7 Å². The molecule has 3 aromatic rings. The Morgan fingerprint density at radius 1 is 1.17 bits per heavy atom. The number of carbonyl (C=O) groups is 1. The monoisotopic (exact) mass is 471 g/mol. The maximum absolute atomic E-state index is 10.9. The van der Waals surface area contributed by atoms with Gasteiger partial charge >= 0.3 is 5.97 Å². The Kier molecular flexibility index (Phi) is 6.44. The summed E-state index contributed by atoms with van der Waals surface area (Å²) >= 11 is 3.44. The lowest BCUT2D eigenvalue weighted by Gasteiger charge is -2.32. The van der Waals surface area contributed by atoms with E-state index in [9.17, 15) is 4.79 Å². The van der Waals surface area contributed by atoms with Crippen molar-refractivity contribution in [2.45, 2.75) is 25.3 Å². The number of carboxylic acid groups (broad SMARTS) is 1. The molecule has 7 nitrogen and oxygen atoms in total. The first-order valence-corrected chi connectivity index (χ1v) is 10.7. The number of piperidine rings is 1. The van der Waals surface area contributed by atoms with Crippen LogP contribution in [0.1, 0.15) is 36.7 Å². The first kappa shape index (κ1) is 20.6. The summed E-state index contributed by atoms with van der Waals surface area (Å²) in [6, 6.07) is 15.3. The third-order valence-corrected chi connectivity index (χ3v) is 5.57. The highest BCUT2D eigenvalue weighted by atomic mass is 79.9. The van der Waals surface area contributed by atoms with Crippen molar-refractivity contribution in [3.8, 4) is 17.2 Å². The molecular weight excluding hydrogens is 450 g/mol. The number of halogens is 1. The van der Waals surface area contributed by atoms with Gasteiger partial charge in [-0.25, -0.2) is 4.79 Å². The lowest BCUT2D eigenvalue weighted by Crippen LogP contribution is -2.34. The summed E-state index contributed by atoms with van der Waals surface area (Å²) in [5, 5.41) is 13.2. The van der Waals surface area contributed by atoms with Gasteiger partial charge in [0.15, 0.2) is 12.4 Å². The van der Waals surface area contributed by atoms with Crippen LogP contribution in [0.2, 0.25) is 0 Å². The van der Waals surface area contributed by atoms with Crippen LogP contribution in [0.3, 0.4) is 0 Å². The van der Waals surface area contributed by atoms with Gasteiger partial charge in [-0.1, -0.05) is 57.8 Å². The summed E-state index contributed by atoms with van der Waals surface area (Å²) in [7, 11) is 0. The van der Waals surface area contributed by atoms with Crippen molar-refractivity contribution in [3.05, 3.63) is 64.4 Å². The third-order valence-electron chi connectivity index (χ3n) is 5.08. The number of rotatable bonds is 7. The molecule has 0 spiro atoms. The van der Waals surface area contributed by atoms with Crippen LogP contribution >= 0.6 is 15.9 Å². The van der Waals surface area contributed by atoms with E-state index in [2.05, 4.69) is 38.1 Å².